The van der Waals surface area contributed by atoms with Gasteiger partial charge in [-0.05, 0) is 18.2 Å². The second-order valence-electron chi connectivity index (χ2n) is 2.67. The van der Waals surface area contributed by atoms with E-state index < -0.39 is 0 Å². The Kier molecular flexibility index (Phi) is 3.68. The maximum absolute atomic E-state index is 10.9. The molecule has 1 rings (SSSR count). The summed E-state index contributed by atoms with van der Waals surface area (Å²) in [6.45, 7) is 0. The van der Waals surface area contributed by atoms with Crippen LogP contribution in [0.1, 0.15) is 11.1 Å². The predicted molar refractivity (Wildman–Crippen MR) is 55.2 cm³/mol. The number of halogens is 1. The molecule has 0 saturated carbocycles. The van der Waals surface area contributed by atoms with Gasteiger partial charge in [-0.25, -0.2) is 0 Å². The molecule has 0 aliphatic heterocycles. The molecular weight excluding hydrogens is 214 g/mol. The van der Waals surface area contributed by atoms with Crippen molar-refractivity contribution < 1.29 is 4.79 Å². The summed E-state index contributed by atoms with van der Waals surface area (Å²) in [5.74, 6) is -0.507. The van der Waals surface area contributed by atoms with Crippen LogP contribution in [-0.4, -0.2) is 11.8 Å². The number of rotatable bonds is 2. The first-order valence-corrected chi connectivity index (χ1v) is 4.54. The summed E-state index contributed by atoms with van der Waals surface area (Å²) in [4.78, 5) is 10.9. The van der Waals surface area contributed by atoms with E-state index >= 15 is 0 Å². The summed E-state index contributed by atoms with van der Waals surface area (Å²) >= 11 is 5.30. The molecule has 4 nitrogen and oxygen atoms in total. The van der Waals surface area contributed by atoms with Crippen molar-refractivity contribution in [2.24, 2.45) is 0 Å². The number of carbonyl (C=O) groups excluding carboxylic acids is 1. The quantitative estimate of drug-likeness (QED) is 0.768. The van der Waals surface area contributed by atoms with Crippen LogP contribution in [0.3, 0.4) is 0 Å². The van der Waals surface area contributed by atoms with E-state index in [1.165, 1.54) is 12.1 Å². The van der Waals surface area contributed by atoms with Crippen LogP contribution in [0.2, 0.25) is 0 Å². The third kappa shape index (κ3) is 2.70. The SMILES string of the molecule is N#Cc1ccc(NC(=O)CCl)cc1C#N. The number of alkyl halides is 1. The zero-order valence-corrected chi connectivity index (χ0v) is 8.38. The molecule has 1 aromatic rings. The zero-order chi connectivity index (χ0) is 11.3. The van der Waals surface area contributed by atoms with Crippen LogP contribution in [-0.2, 0) is 4.79 Å². The first-order chi connectivity index (χ1) is 7.21. The van der Waals surface area contributed by atoms with Crippen molar-refractivity contribution in [2.45, 2.75) is 0 Å². The smallest absolute Gasteiger partial charge is 0.239 e. The normalized spacial score (nSPS) is 8.73. The Morgan fingerprint density at radius 1 is 1.33 bits per heavy atom. The monoisotopic (exact) mass is 219 g/mol. The molecule has 5 heteroatoms. The molecule has 0 aromatic heterocycles. The van der Waals surface area contributed by atoms with Crippen molar-refractivity contribution in [2.75, 3.05) is 11.2 Å². The minimum absolute atomic E-state index is 0.151. The van der Waals surface area contributed by atoms with Gasteiger partial charge in [-0.2, -0.15) is 10.5 Å². The second-order valence-corrected chi connectivity index (χ2v) is 2.93. The van der Waals surface area contributed by atoms with Crippen LogP contribution in [0.5, 0.6) is 0 Å². The van der Waals surface area contributed by atoms with Gasteiger partial charge in [0.15, 0.2) is 0 Å². The van der Waals surface area contributed by atoms with Crippen LogP contribution in [0.25, 0.3) is 0 Å². The van der Waals surface area contributed by atoms with Gasteiger partial charge in [0.2, 0.25) is 5.91 Å². The first-order valence-electron chi connectivity index (χ1n) is 4.01. The highest BCUT2D eigenvalue weighted by atomic mass is 35.5. The lowest BCUT2D eigenvalue weighted by Crippen LogP contribution is -2.12. The molecular formula is C10H6ClN3O. The number of anilines is 1. The Hall–Kier alpha value is -2.04. The van der Waals surface area contributed by atoms with Gasteiger partial charge in [-0.3, -0.25) is 4.79 Å². The van der Waals surface area contributed by atoms with Crippen molar-refractivity contribution >= 4 is 23.2 Å². The van der Waals surface area contributed by atoms with E-state index in [4.69, 9.17) is 22.1 Å². The largest absolute Gasteiger partial charge is 0.325 e. The Balaban J connectivity index is 3.01. The number of nitrogens with zero attached hydrogens (tertiary/aromatic N) is 2. The lowest BCUT2D eigenvalue weighted by atomic mass is 10.1. The molecule has 0 saturated heterocycles. The van der Waals surface area contributed by atoms with Gasteiger partial charge in [0.25, 0.3) is 0 Å². The Morgan fingerprint density at radius 2 is 2.00 bits per heavy atom. The first kappa shape index (κ1) is 11.0. The lowest BCUT2D eigenvalue weighted by molar-refractivity contribution is -0.113. The van der Waals surface area contributed by atoms with Gasteiger partial charge in [0, 0.05) is 5.69 Å². The van der Waals surface area contributed by atoms with E-state index in [-0.39, 0.29) is 22.9 Å². The number of carbonyl (C=O) groups is 1. The highest BCUT2D eigenvalue weighted by Gasteiger charge is 2.04. The van der Waals surface area contributed by atoms with Gasteiger partial charge in [0.1, 0.15) is 18.0 Å². The summed E-state index contributed by atoms with van der Waals surface area (Å²) in [6, 6.07) is 8.20. The summed E-state index contributed by atoms with van der Waals surface area (Å²) in [5.41, 5.74) is 0.961. The van der Waals surface area contributed by atoms with Crippen LogP contribution in [0.15, 0.2) is 18.2 Å². The highest BCUT2D eigenvalue weighted by Crippen LogP contribution is 2.14. The minimum Gasteiger partial charge on any atom is -0.325 e. The molecule has 0 unspecified atom stereocenters. The van der Waals surface area contributed by atoms with E-state index in [1.54, 1.807) is 6.07 Å². The number of amides is 1. The fraction of sp³-hybridized carbons (Fsp3) is 0.100. The third-order valence-electron chi connectivity index (χ3n) is 1.67. The molecule has 15 heavy (non-hydrogen) atoms. The van der Waals surface area contributed by atoms with Gasteiger partial charge < -0.3 is 5.32 Å². The average Bonchev–Trinajstić information content (AvgIpc) is 2.28. The molecule has 1 aromatic carbocycles. The van der Waals surface area contributed by atoms with Crippen molar-refractivity contribution in [1.82, 2.24) is 0 Å². The molecule has 1 amide bonds. The molecule has 0 atom stereocenters. The molecule has 0 aliphatic rings. The van der Waals surface area contributed by atoms with Gasteiger partial charge in [0.05, 0.1) is 11.1 Å². The van der Waals surface area contributed by atoms with Crippen molar-refractivity contribution in [3.05, 3.63) is 29.3 Å². The van der Waals surface area contributed by atoms with Crippen molar-refractivity contribution in [3.63, 3.8) is 0 Å². The van der Waals surface area contributed by atoms with E-state index in [0.717, 1.165) is 0 Å². The molecule has 0 aliphatic carbocycles. The fourth-order valence-electron chi connectivity index (χ4n) is 1.01. The van der Waals surface area contributed by atoms with Crippen LogP contribution in [0.4, 0.5) is 5.69 Å². The second kappa shape index (κ2) is 4.99. The Labute approximate surface area is 91.7 Å². The van der Waals surface area contributed by atoms with E-state index in [9.17, 15) is 4.79 Å². The van der Waals surface area contributed by atoms with Crippen molar-refractivity contribution in [1.29, 1.82) is 10.5 Å². The maximum atomic E-state index is 10.9. The number of nitriles is 2. The van der Waals surface area contributed by atoms with Crippen LogP contribution >= 0.6 is 11.6 Å². The fourth-order valence-corrected chi connectivity index (χ4v) is 1.07. The number of benzene rings is 1. The maximum Gasteiger partial charge on any atom is 0.239 e. The topological polar surface area (TPSA) is 76.7 Å². The molecule has 0 bridgehead atoms. The molecule has 0 radical (unpaired) electrons. The summed E-state index contributed by atoms with van der Waals surface area (Å²) in [7, 11) is 0. The molecule has 0 fully saturated rings. The van der Waals surface area contributed by atoms with Crippen LogP contribution in [0, 0.1) is 22.7 Å². The van der Waals surface area contributed by atoms with Gasteiger partial charge in [-0.1, -0.05) is 0 Å². The summed E-state index contributed by atoms with van der Waals surface area (Å²) < 4.78 is 0. The summed E-state index contributed by atoms with van der Waals surface area (Å²) in [5, 5.41) is 19.9. The number of hydrogen-bond acceptors (Lipinski definition) is 3. The molecule has 0 spiro atoms. The van der Waals surface area contributed by atoms with E-state index in [2.05, 4.69) is 5.32 Å². The van der Waals surface area contributed by atoms with Crippen molar-refractivity contribution in [3.8, 4) is 12.1 Å². The zero-order valence-electron chi connectivity index (χ0n) is 7.62. The van der Waals surface area contributed by atoms with E-state index in [1.807, 2.05) is 12.1 Å². The lowest BCUT2D eigenvalue weighted by Gasteiger charge is -2.03. The number of nitrogens with one attached hydrogen (secondary N) is 1. The van der Waals surface area contributed by atoms with Gasteiger partial charge >= 0.3 is 0 Å². The van der Waals surface area contributed by atoms with Crippen LogP contribution < -0.4 is 5.32 Å². The average molecular weight is 220 g/mol. The Morgan fingerprint density at radius 3 is 2.53 bits per heavy atom. The highest BCUT2D eigenvalue weighted by molar-refractivity contribution is 6.29. The van der Waals surface area contributed by atoms with E-state index in [0.29, 0.717) is 5.69 Å². The van der Waals surface area contributed by atoms with Gasteiger partial charge in [-0.15, -0.1) is 11.6 Å². The summed E-state index contributed by atoms with van der Waals surface area (Å²) in [6.07, 6.45) is 0. The molecule has 1 N–H and O–H groups in total. The molecule has 0 heterocycles. The predicted octanol–water partition coefficient (Wildman–Crippen LogP) is 1.61. The standard InChI is InChI=1S/C10H6ClN3O/c11-4-10(15)14-9-2-1-7(5-12)8(3-9)6-13/h1-3H,4H2,(H,14,15). The Bertz CT molecular complexity index is 471. The number of hydrogen-bond donors (Lipinski definition) is 1. The minimum atomic E-state index is -0.356. The molecule has 74 valence electrons. The third-order valence-corrected chi connectivity index (χ3v) is 1.91.